The Kier molecular flexibility index (Phi) is 3.39. The highest BCUT2D eigenvalue weighted by molar-refractivity contribution is 6.24. The van der Waals surface area contributed by atoms with E-state index in [0.717, 1.165) is 21.4 Å². The maximum absolute atomic E-state index is 12.5. The Morgan fingerprint density at radius 1 is 1.08 bits per heavy atom. The molecule has 0 aliphatic carbocycles. The van der Waals surface area contributed by atoms with Crippen molar-refractivity contribution in [3.05, 3.63) is 65.4 Å². The van der Waals surface area contributed by atoms with Crippen LogP contribution < -0.4 is 5.32 Å². The van der Waals surface area contributed by atoms with Crippen LogP contribution in [0.5, 0.6) is 0 Å². The van der Waals surface area contributed by atoms with Crippen molar-refractivity contribution in [2.24, 2.45) is 0 Å². The number of anilines is 1. The molecule has 4 rings (SSSR count). The second-order valence-corrected chi connectivity index (χ2v) is 5.98. The van der Waals surface area contributed by atoms with E-state index in [9.17, 15) is 14.4 Å². The first-order valence-electron chi connectivity index (χ1n) is 7.86. The lowest BCUT2D eigenvalue weighted by Gasteiger charge is -2.08. The molecule has 0 saturated heterocycles. The van der Waals surface area contributed by atoms with E-state index in [-0.39, 0.29) is 23.8 Å². The van der Waals surface area contributed by atoms with Gasteiger partial charge < -0.3 is 10.3 Å². The first-order valence-corrected chi connectivity index (χ1v) is 7.86. The summed E-state index contributed by atoms with van der Waals surface area (Å²) in [6.07, 6.45) is 1.98. The molecule has 3 aromatic rings. The Morgan fingerprint density at radius 2 is 1.88 bits per heavy atom. The lowest BCUT2D eigenvalue weighted by molar-refractivity contribution is -0.115. The van der Waals surface area contributed by atoms with E-state index in [4.69, 9.17) is 0 Å². The van der Waals surface area contributed by atoms with Crippen LogP contribution in [-0.4, -0.2) is 34.7 Å². The van der Waals surface area contributed by atoms with Gasteiger partial charge in [-0.1, -0.05) is 24.3 Å². The van der Waals surface area contributed by atoms with E-state index in [1.807, 2.05) is 30.5 Å². The monoisotopic (exact) mass is 333 g/mol. The van der Waals surface area contributed by atoms with Gasteiger partial charge in [-0.15, -0.1) is 0 Å². The van der Waals surface area contributed by atoms with Gasteiger partial charge in [0.2, 0.25) is 5.91 Å². The van der Waals surface area contributed by atoms with Crippen LogP contribution in [0.1, 0.15) is 26.3 Å². The number of nitrogens with one attached hydrogen (secondary N) is 2. The Balaban J connectivity index is 1.61. The van der Waals surface area contributed by atoms with Gasteiger partial charge in [-0.3, -0.25) is 19.3 Å². The quantitative estimate of drug-likeness (QED) is 0.723. The van der Waals surface area contributed by atoms with Crippen LogP contribution in [-0.2, 0) is 11.2 Å². The highest BCUT2D eigenvalue weighted by Crippen LogP contribution is 2.28. The third kappa shape index (κ3) is 2.39. The Morgan fingerprint density at radius 3 is 2.72 bits per heavy atom. The molecule has 0 radical (unpaired) electrons. The summed E-state index contributed by atoms with van der Waals surface area (Å²) in [7, 11) is 1.43. The number of aromatic nitrogens is 1. The lowest BCUT2D eigenvalue weighted by atomic mass is 10.1. The fraction of sp³-hybridized carbons (Fsp3) is 0.105. The number of imide groups is 1. The number of nitrogens with zero attached hydrogens (tertiary/aromatic N) is 1. The van der Waals surface area contributed by atoms with Gasteiger partial charge in [0.25, 0.3) is 11.8 Å². The van der Waals surface area contributed by atoms with Gasteiger partial charge in [0.1, 0.15) is 0 Å². The predicted octanol–water partition coefficient (Wildman–Crippen LogP) is 2.57. The number of carbonyl (C=O) groups is 3. The molecular weight excluding hydrogens is 318 g/mol. The minimum absolute atomic E-state index is 0.172. The van der Waals surface area contributed by atoms with Crippen LogP contribution in [0, 0.1) is 0 Å². The van der Waals surface area contributed by atoms with Crippen molar-refractivity contribution in [3.8, 4) is 0 Å². The summed E-state index contributed by atoms with van der Waals surface area (Å²) >= 11 is 0. The summed E-state index contributed by atoms with van der Waals surface area (Å²) in [5, 5.41) is 3.75. The highest BCUT2D eigenvalue weighted by atomic mass is 16.2. The average Bonchev–Trinajstić information content (AvgIpc) is 3.11. The molecule has 0 spiro atoms. The first-order chi connectivity index (χ1) is 12.1. The maximum Gasteiger partial charge on any atom is 0.263 e. The summed E-state index contributed by atoms with van der Waals surface area (Å²) in [6, 6.07) is 12.6. The number of para-hydroxylation sites is 1. The molecule has 124 valence electrons. The molecule has 0 fully saturated rings. The third-order valence-electron chi connectivity index (χ3n) is 4.42. The first kappa shape index (κ1) is 15.1. The highest BCUT2D eigenvalue weighted by Gasteiger charge is 2.35. The number of rotatable bonds is 3. The van der Waals surface area contributed by atoms with Gasteiger partial charge in [0.05, 0.1) is 23.2 Å². The van der Waals surface area contributed by atoms with Crippen molar-refractivity contribution in [3.63, 3.8) is 0 Å². The van der Waals surface area contributed by atoms with Crippen LogP contribution in [0.2, 0.25) is 0 Å². The number of H-pyrrole nitrogens is 1. The van der Waals surface area contributed by atoms with Crippen molar-refractivity contribution < 1.29 is 14.4 Å². The van der Waals surface area contributed by atoms with Crippen LogP contribution in [0.15, 0.2) is 48.7 Å². The summed E-state index contributed by atoms with van der Waals surface area (Å²) < 4.78 is 0. The molecule has 0 atom stereocenters. The number of aromatic amines is 1. The molecular formula is C19H15N3O3. The smallest absolute Gasteiger partial charge is 0.263 e. The lowest BCUT2D eigenvalue weighted by Crippen LogP contribution is -2.24. The van der Waals surface area contributed by atoms with Crippen LogP contribution >= 0.6 is 0 Å². The zero-order valence-electron chi connectivity index (χ0n) is 13.5. The zero-order chi connectivity index (χ0) is 17.6. The standard InChI is InChI=1S/C19H15N3O3/c1-22-18(24)13-6-4-8-15(17(13)19(22)25)21-16(23)9-11-10-20-14-7-3-2-5-12(11)14/h2-8,10,20H,9H2,1H3,(H,21,23). The molecule has 25 heavy (non-hydrogen) atoms. The zero-order valence-corrected chi connectivity index (χ0v) is 13.5. The topological polar surface area (TPSA) is 82.3 Å². The number of carbonyl (C=O) groups excluding carboxylic acids is 3. The minimum atomic E-state index is -0.400. The number of amides is 3. The van der Waals surface area contributed by atoms with E-state index in [1.54, 1.807) is 18.2 Å². The maximum atomic E-state index is 12.5. The van der Waals surface area contributed by atoms with Crippen LogP contribution in [0.25, 0.3) is 10.9 Å². The number of hydrogen-bond acceptors (Lipinski definition) is 3. The second kappa shape index (κ2) is 5.59. The van der Waals surface area contributed by atoms with E-state index >= 15 is 0 Å². The van der Waals surface area contributed by atoms with Crippen molar-refractivity contribution in [1.82, 2.24) is 9.88 Å². The third-order valence-corrected chi connectivity index (χ3v) is 4.42. The van der Waals surface area contributed by atoms with Gasteiger partial charge in [-0.05, 0) is 23.8 Å². The molecule has 2 heterocycles. The average molecular weight is 333 g/mol. The molecule has 0 saturated carbocycles. The second-order valence-electron chi connectivity index (χ2n) is 5.98. The SMILES string of the molecule is CN1C(=O)c2cccc(NC(=O)Cc3c[nH]c4ccccc34)c2C1=O. The molecule has 0 unspecified atom stereocenters. The molecule has 2 aromatic carbocycles. The Hall–Kier alpha value is -3.41. The van der Waals surface area contributed by atoms with Crippen LogP contribution in [0.4, 0.5) is 5.69 Å². The molecule has 3 amide bonds. The molecule has 2 N–H and O–H groups in total. The van der Waals surface area contributed by atoms with Crippen molar-refractivity contribution >= 4 is 34.3 Å². The molecule has 1 aliphatic heterocycles. The molecule has 6 nitrogen and oxygen atoms in total. The van der Waals surface area contributed by atoms with Gasteiger partial charge >= 0.3 is 0 Å². The predicted molar refractivity (Wildman–Crippen MR) is 93.5 cm³/mol. The van der Waals surface area contributed by atoms with Gasteiger partial charge in [-0.2, -0.15) is 0 Å². The van der Waals surface area contributed by atoms with Crippen molar-refractivity contribution in [1.29, 1.82) is 0 Å². The van der Waals surface area contributed by atoms with Crippen molar-refractivity contribution in [2.45, 2.75) is 6.42 Å². The van der Waals surface area contributed by atoms with E-state index in [0.29, 0.717) is 11.3 Å². The Bertz CT molecular complexity index is 1040. The summed E-state index contributed by atoms with van der Waals surface area (Å²) in [5.41, 5.74) is 2.78. The number of fused-ring (bicyclic) bond motifs is 2. The van der Waals surface area contributed by atoms with E-state index in [1.165, 1.54) is 7.05 Å². The summed E-state index contributed by atoms with van der Waals surface area (Å²) in [5.74, 6) is -0.997. The minimum Gasteiger partial charge on any atom is -0.361 e. The molecule has 0 bridgehead atoms. The van der Waals surface area contributed by atoms with Gasteiger partial charge in [-0.25, -0.2) is 0 Å². The largest absolute Gasteiger partial charge is 0.361 e. The molecule has 1 aliphatic rings. The van der Waals surface area contributed by atoms with E-state index in [2.05, 4.69) is 10.3 Å². The summed E-state index contributed by atoms with van der Waals surface area (Å²) in [4.78, 5) is 40.9. The normalized spacial score (nSPS) is 13.4. The van der Waals surface area contributed by atoms with Crippen LogP contribution in [0.3, 0.4) is 0 Å². The summed E-state index contributed by atoms with van der Waals surface area (Å²) in [6.45, 7) is 0. The van der Waals surface area contributed by atoms with E-state index < -0.39 is 5.91 Å². The van der Waals surface area contributed by atoms with Gasteiger partial charge in [0, 0.05) is 24.1 Å². The number of benzene rings is 2. The fourth-order valence-electron chi connectivity index (χ4n) is 3.15. The van der Waals surface area contributed by atoms with Gasteiger partial charge in [0.15, 0.2) is 0 Å². The Labute approximate surface area is 143 Å². The fourth-order valence-corrected chi connectivity index (χ4v) is 3.15. The molecule has 1 aromatic heterocycles. The number of hydrogen-bond donors (Lipinski definition) is 2. The molecule has 6 heteroatoms. The van der Waals surface area contributed by atoms with Crippen molar-refractivity contribution in [2.75, 3.05) is 12.4 Å².